The van der Waals surface area contributed by atoms with Gasteiger partial charge in [-0.3, -0.25) is 24.0 Å². The van der Waals surface area contributed by atoms with Gasteiger partial charge in [-0.2, -0.15) is 0 Å². The Morgan fingerprint density at radius 2 is 0.202 bits per heavy atom. The summed E-state index contributed by atoms with van der Waals surface area (Å²) < 4.78 is 0. The van der Waals surface area contributed by atoms with E-state index in [1.165, 1.54) is 417 Å². The van der Waals surface area contributed by atoms with Crippen molar-refractivity contribution in [3.63, 3.8) is 0 Å². The molecule has 0 aliphatic rings. The molecule has 22 nitrogen and oxygen atoms in total. The van der Waals surface area contributed by atoms with Gasteiger partial charge in [0, 0.05) is 32.1 Å². The summed E-state index contributed by atoms with van der Waals surface area (Å²) in [6.45, 7) is 8.43. The predicted octanol–water partition coefficient (Wildman–Crippen LogP) is 25.0. The summed E-state index contributed by atoms with van der Waals surface area (Å²) in [5.41, 5.74) is 0. The number of aliphatic hydroxyl groups is 12. The Balaban J connectivity index is -0.000000178. The first-order valence-electron chi connectivity index (χ1n) is 51.8. The van der Waals surface area contributed by atoms with Crippen molar-refractivity contribution in [1.29, 1.82) is 0 Å². The molecular formula is C102H212O22. The second kappa shape index (κ2) is 135. The fraction of sp³-hybridized carbons (Fsp3) is 0.951. The van der Waals surface area contributed by atoms with Crippen molar-refractivity contribution in [3.05, 3.63) is 0 Å². The molecule has 0 unspecified atom stereocenters. The maximum Gasteiger partial charge on any atom is 0.303 e. The van der Waals surface area contributed by atoms with E-state index in [0.717, 1.165) is 64.2 Å². The fourth-order valence-corrected chi connectivity index (χ4v) is 13.5. The Morgan fingerprint density at radius 3 is 0.250 bits per heavy atom. The summed E-state index contributed by atoms with van der Waals surface area (Å²) in [4.78, 5) is 51.7. The van der Waals surface area contributed by atoms with E-state index in [2.05, 4.69) is 34.6 Å². The van der Waals surface area contributed by atoms with Gasteiger partial charge >= 0.3 is 29.8 Å². The lowest BCUT2D eigenvalue weighted by molar-refractivity contribution is -0.138. The number of aliphatic hydroxyl groups excluding tert-OH is 12. The van der Waals surface area contributed by atoms with Crippen LogP contribution in [0.2, 0.25) is 0 Å². The quantitative estimate of drug-likeness (QED) is 0.0251. The van der Waals surface area contributed by atoms with Crippen LogP contribution >= 0.6 is 0 Å². The van der Waals surface area contributed by atoms with Gasteiger partial charge < -0.3 is 86.8 Å². The van der Waals surface area contributed by atoms with E-state index < -0.39 is 54.3 Å². The van der Waals surface area contributed by atoms with E-state index in [1.807, 2.05) is 0 Å². The second-order valence-corrected chi connectivity index (χ2v) is 34.5. The van der Waals surface area contributed by atoms with Crippen LogP contribution in [0.15, 0.2) is 0 Å². The summed E-state index contributed by atoms with van der Waals surface area (Å²) in [6, 6.07) is 0. The number of hydrogen-bond donors (Lipinski definition) is 17. The largest absolute Gasteiger partial charge is 0.481 e. The zero-order valence-electron chi connectivity index (χ0n) is 81.7. The average molecular weight is 1790 g/mol. The molecule has 0 saturated carbocycles. The molecule has 124 heavy (non-hydrogen) atoms. The Kier molecular flexibility index (Phi) is 151. The molecular weight excluding hydrogens is 1580 g/mol. The van der Waals surface area contributed by atoms with Gasteiger partial charge in [-0.05, 0) is 32.1 Å². The number of unbranched alkanes of at least 4 members (excludes halogenated alkanes) is 70. The predicted molar refractivity (Wildman–Crippen MR) is 517 cm³/mol. The second-order valence-electron chi connectivity index (χ2n) is 34.5. The Bertz CT molecular complexity index is 1580. The molecule has 0 saturated heterocycles. The number of carboxylic acid groups (broad SMARTS) is 5. The van der Waals surface area contributed by atoms with Crippen molar-refractivity contribution in [2.24, 2.45) is 0 Å². The van der Waals surface area contributed by atoms with E-state index in [0.29, 0.717) is 32.1 Å². The third-order valence-corrected chi connectivity index (χ3v) is 21.7. The lowest BCUT2D eigenvalue weighted by Gasteiger charge is -2.03. The highest BCUT2D eigenvalue weighted by Crippen LogP contribution is 2.20. The zero-order chi connectivity index (χ0) is 94.4. The topological polar surface area (TPSA) is 429 Å². The monoisotopic (exact) mass is 1790 g/mol. The van der Waals surface area contributed by atoms with Crippen LogP contribution in [-0.2, 0) is 24.0 Å². The third kappa shape index (κ3) is 172. The van der Waals surface area contributed by atoms with Gasteiger partial charge in [-0.1, -0.05) is 484 Å². The third-order valence-electron chi connectivity index (χ3n) is 21.7. The highest BCUT2D eigenvalue weighted by Gasteiger charge is 2.05. The first-order valence-corrected chi connectivity index (χ1v) is 51.8. The minimum Gasteiger partial charge on any atom is -0.481 e. The van der Waals surface area contributed by atoms with Gasteiger partial charge in [0.2, 0.25) is 0 Å². The van der Waals surface area contributed by atoms with Gasteiger partial charge in [0.15, 0.2) is 0 Å². The minimum absolute atomic E-state index is 0.345. The number of hydrogen-bond acceptors (Lipinski definition) is 17. The maximum absolute atomic E-state index is 10.3. The molecule has 0 amide bonds. The van der Waals surface area contributed by atoms with Crippen LogP contribution in [0.5, 0.6) is 0 Å². The van der Waals surface area contributed by atoms with E-state index in [4.69, 9.17) is 86.8 Å². The molecule has 0 bridgehead atoms. The summed E-state index contributed by atoms with van der Waals surface area (Å²) in [6.07, 6.45) is 97.2. The van der Waals surface area contributed by atoms with Crippen LogP contribution in [0.25, 0.3) is 0 Å². The number of rotatable bonds is 88. The molecule has 0 aromatic heterocycles. The standard InChI is InChI=1S/5C18H36O2.4C3H8O3/c5*1-2-3-4-5-6-7-8-9-10-11-12-13-14-15-16-17-18(19)20;4*4-1-3(6)2-5/h5*2-17H2,1H3,(H,19,20);4*3-6H,1-2H2. The van der Waals surface area contributed by atoms with E-state index in [-0.39, 0.29) is 52.9 Å². The van der Waals surface area contributed by atoms with Gasteiger partial charge in [-0.15, -0.1) is 0 Å². The molecule has 0 atom stereocenters. The number of carbonyl (C=O) groups is 5. The van der Waals surface area contributed by atoms with Crippen LogP contribution in [0.4, 0.5) is 0 Å². The highest BCUT2D eigenvalue weighted by atomic mass is 16.4. The molecule has 0 rings (SSSR count). The van der Waals surface area contributed by atoms with Crippen molar-refractivity contribution in [1.82, 2.24) is 0 Å². The van der Waals surface area contributed by atoms with Crippen molar-refractivity contribution in [2.45, 2.75) is 573 Å². The summed E-state index contributed by atoms with van der Waals surface area (Å²) in [5.74, 6) is -3.27. The first kappa shape index (κ1) is 139. The molecule has 752 valence electrons. The van der Waals surface area contributed by atoms with Gasteiger partial charge in [0.05, 0.1) is 52.9 Å². The van der Waals surface area contributed by atoms with Crippen molar-refractivity contribution in [3.8, 4) is 0 Å². The molecule has 0 heterocycles. The Labute approximate surface area is 762 Å². The molecule has 0 spiro atoms. The smallest absolute Gasteiger partial charge is 0.303 e. The minimum atomic E-state index is -0.954. The molecule has 0 aromatic rings. The molecule has 0 aliphatic carbocycles. The van der Waals surface area contributed by atoms with Crippen LogP contribution in [-0.4, -0.2) is 194 Å². The summed E-state index contributed by atoms with van der Waals surface area (Å²) in [7, 11) is 0. The van der Waals surface area contributed by atoms with Crippen molar-refractivity contribution >= 4 is 29.8 Å². The van der Waals surface area contributed by atoms with Crippen molar-refractivity contribution < 1.29 is 111 Å². The normalized spacial score (nSPS) is 10.7. The molecule has 22 heteroatoms. The van der Waals surface area contributed by atoms with Crippen molar-refractivity contribution in [2.75, 3.05) is 52.9 Å². The molecule has 0 radical (unpaired) electrons. The van der Waals surface area contributed by atoms with Gasteiger partial charge in [0.1, 0.15) is 24.4 Å². The highest BCUT2D eigenvalue weighted by molar-refractivity contribution is 5.67. The number of aliphatic carboxylic acids is 5. The number of carboxylic acids is 5. The lowest BCUT2D eigenvalue weighted by Crippen LogP contribution is -2.15. The maximum atomic E-state index is 10.3. The van der Waals surface area contributed by atoms with Crippen LogP contribution in [0.1, 0.15) is 548 Å². The SMILES string of the molecule is CCCCCCCCCCCCCCCCCC(=O)O.CCCCCCCCCCCCCCCCCC(=O)O.CCCCCCCCCCCCCCCCCC(=O)O.CCCCCCCCCCCCCCCCCC(=O)O.CCCCCCCCCCCCCCCCCC(=O)O.OCC(O)CO.OCC(O)CO.OCC(O)CO.OCC(O)CO. The van der Waals surface area contributed by atoms with Gasteiger partial charge in [-0.25, -0.2) is 0 Å². The van der Waals surface area contributed by atoms with E-state index in [1.54, 1.807) is 0 Å². The van der Waals surface area contributed by atoms with Crippen LogP contribution in [0.3, 0.4) is 0 Å². The van der Waals surface area contributed by atoms with Crippen LogP contribution in [0, 0.1) is 0 Å². The fourth-order valence-electron chi connectivity index (χ4n) is 13.5. The molecule has 17 N–H and O–H groups in total. The Morgan fingerprint density at radius 1 is 0.137 bits per heavy atom. The Hall–Kier alpha value is -3.13. The molecule has 0 fully saturated rings. The van der Waals surface area contributed by atoms with E-state index in [9.17, 15) is 24.0 Å². The van der Waals surface area contributed by atoms with E-state index >= 15 is 0 Å². The summed E-state index contributed by atoms with van der Waals surface area (Å²) >= 11 is 0. The lowest BCUT2D eigenvalue weighted by atomic mass is 10.0. The summed E-state index contributed by atoms with van der Waals surface area (Å²) in [5, 5.41) is 139. The zero-order valence-corrected chi connectivity index (χ0v) is 81.7. The van der Waals surface area contributed by atoms with Gasteiger partial charge in [0.25, 0.3) is 0 Å². The molecule has 0 aromatic carbocycles. The average Bonchev–Trinajstić information content (AvgIpc) is 1.12. The van der Waals surface area contributed by atoms with Crippen LogP contribution < -0.4 is 0 Å². The first-order chi connectivity index (χ1) is 60.1. The molecule has 0 aliphatic heterocycles.